The van der Waals surface area contributed by atoms with Crippen LogP contribution in [0.4, 0.5) is 4.39 Å². The topological polar surface area (TPSA) is 119 Å². The van der Waals surface area contributed by atoms with Crippen molar-refractivity contribution in [2.24, 2.45) is 0 Å². The summed E-state index contributed by atoms with van der Waals surface area (Å²) in [5, 5.41) is 0. The van der Waals surface area contributed by atoms with E-state index in [0.29, 0.717) is 0 Å². The number of nitrogens with one attached hydrogen (secondary N) is 2. The van der Waals surface area contributed by atoms with Gasteiger partial charge in [-0.05, 0) is 18.2 Å². The molecule has 0 atom stereocenters. The van der Waals surface area contributed by atoms with E-state index in [1.165, 1.54) is 48.5 Å². The third-order valence-corrected chi connectivity index (χ3v) is 4.94. The molecule has 3 aromatic carbocycles. The minimum absolute atomic E-state index is 0.0646. The summed E-state index contributed by atoms with van der Waals surface area (Å²) in [6.07, 6.45) is 0. The van der Waals surface area contributed by atoms with Crippen LogP contribution in [0.1, 0.15) is 52.6 Å². The highest BCUT2D eigenvalue weighted by atomic mass is 19.1. The van der Waals surface area contributed by atoms with Crippen molar-refractivity contribution in [1.29, 1.82) is 0 Å². The van der Waals surface area contributed by atoms with Gasteiger partial charge >= 0.3 is 5.97 Å². The number of benzene rings is 3. The van der Waals surface area contributed by atoms with Crippen LogP contribution in [-0.2, 0) is 9.53 Å². The van der Waals surface area contributed by atoms with Crippen LogP contribution >= 0.6 is 0 Å². The van der Waals surface area contributed by atoms with Crippen LogP contribution in [0.5, 0.6) is 0 Å². The number of esters is 1. The zero-order valence-corrected chi connectivity index (χ0v) is 16.9. The first-order chi connectivity index (χ1) is 15.9. The van der Waals surface area contributed by atoms with Gasteiger partial charge in [0.2, 0.25) is 0 Å². The predicted octanol–water partition coefficient (Wildman–Crippen LogP) is 2.22. The summed E-state index contributed by atoms with van der Waals surface area (Å²) in [5.41, 5.74) is 3.94. The van der Waals surface area contributed by atoms with E-state index in [-0.39, 0.29) is 33.4 Å². The maximum absolute atomic E-state index is 13.6. The number of ether oxygens (including phenoxy) is 1. The summed E-state index contributed by atoms with van der Waals surface area (Å²) in [5.74, 6) is -4.47. The van der Waals surface area contributed by atoms with Gasteiger partial charge in [-0.15, -0.1) is 0 Å². The zero-order chi connectivity index (χ0) is 23.5. The Hall–Kier alpha value is -4.66. The highest BCUT2D eigenvalue weighted by Gasteiger charge is 2.33. The van der Waals surface area contributed by atoms with Gasteiger partial charge in [0, 0.05) is 22.3 Å². The normalized spacial score (nSPS) is 11.8. The van der Waals surface area contributed by atoms with Crippen LogP contribution in [0.25, 0.3) is 0 Å². The molecule has 2 amide bonds. The molecular formula is C24H15FN2O6. The zero-order valence-electron chi connectivity index (χ0n) is 16.9. The highest BCUT2D eigenvalue weighted by Crippen LogP contribution is 2.29. The Balaban J connectivity index is 1.43. The van der Waals surface area contributed by atoms with Crippen LogP contribution in [0.3, 0.4) is 0 Å². The van der Waals surface area contributed by atoms with Crippen molar-refractivity contribution in [3.63, 3.8) is 0 Å². The summed E-state index contributed by atoms with van der Waals surface area (Å²) in [6.45, 7) is -0.793. The lowest BCUT2D eigenvalue weighted by Gasteiger charge is -2.19. The number of fused-ring (bicyclic) bond motifs is 2. The van der Waals surface area contributed by atoms with E-state index in [4.69, 9.17) is 4.74 Å². The molecule has 3 aromatic rings. The molecule has 1 aliphatic carbocycles. The van der Waals surface area contributed by atoms with Gasteiger partial charge in [-0.25, -0.2) is 9.18 Å². The molecule has 4 rings (SSSR count). The van der Waals surface area contributed by atoms with Crippen LogP contribution < -0.4 is 10.9 Å². The number of hydrogen-bond acceptors (Lipinski definition) is 6. The molecule has 2 N–H and O–H groups in total. The third-order valence-electron chi connectivity index (χ3n) is 4.94. The molecule has 0 fully saturated rings. The summed E-state index contributed by atoms with van der Waals surface area (Å²) >= 11 is 0. The van der Waals surface area contributed by atoms with Gasteiger partial charge in [-0.2, -0.15) is 0 Å². The first-order valence-corrected chi connectivity index (χ1v) is 9.70. The van der Waals surface area contributed by atoms with E-state index in [1.807, 2.05) is 10.9 Å². The number of carbonyl (C=O) groups excluding carboxylic acids is 5. The van der Waals surface area contributed by atoms with Crippen molar-refractivity contribution in [2.45, 2.75) is 0 Å². The summed E-state index contributed by atoms with van der Waals surface area (Å²) < 4.78 is 18.6. The van der Waals surface area contributed by atoms with Crippen LogP contribution in [0.15, 0.2) is 66.7 Å². The van der Waals surface area contributed by atoms with E-state index in [2.05, 4.69) is 0 Å². The molecule has 0 saturated heterocycles. The monoisotopic (exact) mass is 446 g/mol. The fraction of sp³-hybridized carbons (Fsp3) is 0.0417. The van der Waals surface area contributed by atoms with E-state index in [1.54, 1.807) is 12.1 Å². The van der Waals surface area contributed by atoms with Gasteiger partial charge in [0.15, 0.2) is 18.2 Å². The van der Waals surface area contributed by atoms with Gasteiger partial charge in [0.25, 0.3) is 11.8 Å². The lowest BCUT2D eigenvalue weighted by atomic mass is 9.82. The second-order valence-corrected chi connectivity index (χ2v) is 6.99. The standard InChI is InChI=1S/C24H15FN2O6/c25-18-11-4-3-8-15(18)23(31)27-26-19(28)12-33-24(32)17-10-5-9-16-20(17)22(30)14-7-2-1-6-13(14)21(16)29/h1-11H,12H2,(H,26,28)(H,27,31). The number of ketones is 2. The van der Waals surface area contributed by atoms with Crippen molar-refractivity contribution in [3.8, 4) is 0 Å². The fourth-order valence-electron chi connectivity index (χ4n) is 3.40. The Morgan fingerprint density at radius 1 is 0.727 bits per heavy atom. The summed E-state index contributed by atoms with van der Waals surface area (Å²) in [6, 6.07) is 15.6. The van der Waals surface area contributed by atoms with Gasteiger partial charge < -0.3 is 4.74 Å². The Labute approximate surface area is 186 Å². The molecule has 8 nitrogen and oxygen atoms in total. The number of carbonyl (C=O) groups is 5. The maximum Gasteiger partial charge on any atom is 0.339 e. The smallest absolute Gasteiger partial charge is 0.339 e. The summed E-state index contributed by atoms with van der Waals surface area (Å²) in [4.78, 5) is 62.1. The van der Waals surface area contributed by atoms with Crippen molar-refractivity contribution in [3.05, 3.63) is 106 Å². The number of hydrogen-bond donors (Lipinski definition) is 2. The van der Waals surface area contributed by atoms with E-state index in [0.717, 1.165) is 6.07 Å². The number of halogens is 1. The van der Waals surface area contributed by atoms with Gasteiger partial charge in [-0.1, -0.05) is 48.5 Å². The second kappa shape index (κ2) is 8.83. The van der Waals surface area contributed by atoms with Crippen molar-refractivity contribution >= 4 is 29.4 Å². The Kier molecular flexibility index (Phi) is 5.77. The highest BCUT2D eigenvalue weighted by molar-refractivity contribution is 6.30. The van der Waals surface area contributed by atoms with Crippen LogP contribution in [0, 0.1) is 5.82 Å². The lowest BCUT2D eigenvalue weighted by molar-refractivity contribution is -0.125. The van der Waals surface area contributed by atoms with E-state index in [9.17, 15) is 28.4 Å². The minimum Gasteiger partial charge on any atom is -0.452 e. The quantitative estimate of drug-likeness (QED) is 0.367. The average molecular weight is 446 g/mol. The van der Waals surface area contributed by atoms with Gasteiger partial charge in [0.1, 0.15) is 5.82 Å². The molecule has 0 bridgehead atoms. The third kappa shape index (κ3) is 4.11. The molecule has 0 aromatic heterocycles. The first-order valence-electron chi connectivity index (χ1n) is 9.70. The van der Waals surface area contributed by atoms with E-state index < -0.39 is 41.8 Å². The molecule has 0 heterocycles. The molecule has 0 radical (unpaired) electrons. The molecule has 0 spiro atoms. The van der Waals surface area contributed by atoms with Crippen molar-refractivity contribution in [1.82, 2.24) is 10.9 Å². The lowest BCUT2D eigenvalue weighted by Crippen LogP contribution is -2.43. The molecule has 1 aliphatic rings. The molecule has 164 valence electrons. The summed E-state index contributed by atoms with van der Waals surface area (Å²) in [7, 11) is 0. The number of amides is 2. The van der Waals surface area contributed by atoms with Crippen LogP contribution in [0.2, 0.25) is 0 Å². The largest absolute Gasteiger partial charge is 0.452 e. The minimum atomic E-state index is -0.997. The van der Waals surface area contributed by atoms with Crippen LogP contribution in [-0.4, -0.2) is 36.0 Å². The average Bonchev–Trinajstić information content (AvgIpc) is 2.84. The van der Waals surface area contributed by atoms with Crippen molar-refractivity contribution < 1.29 is 33.1 Å². The molecule has 0 aliphatic heterocycles. The Morgan fingerprint density at radius 2 is 1.33 bits per heavy atom. The van der Waals surface area contributed by atoms with Crippen molar-refractivity contribution in [2.75, 3.05) is 6.61 Å². The molecule has 33 heavy (non-hydrogen) atoms. The molecule has 0 saturated carbocycles. The molecule has 9 heteroatoms. The van der Waals surface area contributed by atoms with E-state index >= 15 is 0 Å². The SMILES string of the molecule is O=C(COC(=O)c1cccc2c1C(=O)c1ccccc1C2=O)NNC(=O)c1ccccc1F. The number of hydrazine groups is 1. The van der Waals surface area contributed by atoms with Gasteiger partial charge in [-0.3, -0.25) is 30.0 Å². The fourth-order valence-corrected chi connectivity index (χ4v) is 3.40. The first kappa shape index (κ1) is 21.6. The Bertz CT molecular complexity index is 1330. The second-order valence-electron chi connectivity index (χ2n) is 6.99. The number of rotatable bonds is 4. The maximum atomic E-state index is 13.6. The predicted molar refractivity (Wildman–Crippen MR) is 112 cm³/mol. The molecule has 0 unspecified atom stereocenters. The Morgan fingerprint density at radius 3 is 2.06 bits per heavy atom. The van der Waals surface area contributed by atoms with Gasteiger partial charge in [0.05, 0.1) is 11.1 Å². The molecular weight excluding hydrogens is 431 g/mol.